The van der Waals surface area contributed by atoms with Crippen molar-refractivity contribution in [1.29, 1.82) is 0 Å². The van der Waals surface area contributed by atoms with E-state index in [-0.39, 0.29) is 4.90 Å². The first kappa shape index (κ1) is 13.2. The Labute approximate surface area is 106 Å². The van der Waals surface area contributed by atoms with Gasteiger partial charge in [0.1, 0.15) is 4.90 Å². The summed E-state index contributed by atoms with van der Waals surface area (Å²) in [5, 5.41) is 8.40. The number of sulfonamides is 1. The lowest BCUT2D eigenvalue weighted by atomic mass is 10.1. The Morgan fingerprint density at radius 3 is 2.22 bits per heavy atom. The molecule has 0 radical (unpaired) electrons. The maximum absolute atomic E-state index is 11.1. The number of hydrogen-bond acceptors (Lipinski definition) is 6. The fourth-order valence-electron chi connectivity index (χ4n) is 2.11. The van der Waals surface area contributed by atoms with Gasteiger partial charge in [-0.1, -0.05) is 0 Å². The minimum Gasteiger partial charge on any atom is -0.338 e. The van der Waals surface area contributed by atoms with Crippen molar-refractivity contribution >= 4 is 16.0 Å². The van der Waals surface area contributed by atoms with Crippen LogP contribution in [0.3, 0.4) is 0 Å². The van der Waals surface area contributed by atoms with Gasteiger partial charge in [-0.2, -0.15) is 0 Å². The third-order valence-electron chi connectivity index (χ3n) is 2.78. The maximum atomic E-state index is 11.1. The second-order valence-corrected chi connectivity index (χ2v) is 6.20. The molecule has 1 fully saturated rings. The molecule has 3 N–H and O–H groups in total. The molecule has 100 valence electrons. The molecule has 8 heteroatoms. The van der Waals surface area contributed by atoms with Crippen LogP contribution in [0.4, 0.5) is 5.95 Å². The average Bonchev–Trinajstić information content (AvgIpc) is 2.27. The van der Waals surface area contributed by atoms with Crippen LogP contribution in [0.25, 0.3) is 0 Å². The van der Waals surface area contributed by atoms with Gasteiger partial charge >= 0.3 is 0 Å². The Morgan fingerprint density at radius 1 is 1.28 bits per heavy atom. The number of piperazine rings is 1. The van der Waals surface area contributed by atoms with Gasteiger partial charge in [0, 0.05) is 25.2 Å². The zero-order valence-corrected chi connectivity index (χ0v) is 11.2. The molecule has 1 aromatic heterocycles. The Bertz CT molecular complexity index is 506. The van der Waals surface area contributed by atoms with Crippen LogP contribution in [0.15, 0.2) is 17.3 Å². The maximum Gasteiger partial charge on any atom is 0.241 e. The lowest BCUT2D eigenvalue weighted by Gasteiger charge is -2.36. The third-order valence-corrected chi connectivity index (χ3v) is 3.65. The first-order chi connectivity index (χ1) is 8.36. The van der Waals surface area contributed by atoms with Crippen molar-refractivity contribution in [3.8, 4) is 0 Å². The van der Waals surface area contributed by atoms with Crippen molar-refractivity contribution in [3.05, 3.63) is 12.4 Å². The minimum absolute atomic E-state index is 0.0671. The van der Waals surface area contributed by atoms with E-state index in [1.807, 2.05) is 4.90 Å². The molecular formula is C10H17N5O2S. The molecule has 1 aliphatic heterocycles. The van der Waals surface area contributed by atoms with E-state index in [0.717, 1.165) is 13.1 Å². The van der Waals surface area contributed by atoms with E-state index in [1.54, 1.807) is 0 Å². The molecule has 0 amide bonds. The van der Waals surface area contributed by atoms with Crippen LogP contribution in [0.1, 0.15) is 13.8 Å². The second kappa shape index (κ2) is 4.79. The summed E-state index contributed by atoms with van der Waals surface area (Å²) in [6.45, 7) is 5.75. The lowest BCUT2D eigenvalue weighted by Crippen LogP contribution is -2.54. The van der Waals surface area contributed by atoms with E-state index in [0.29, 0.717) is 18.0 Å². The summed E-state index contributed by atoms with van der Waals surface area (Å²) in [4.78, 5) is 10.1. The molecule has 0 aromatic carbocycles. The van der Waals surface area contributed by atoms with Crippen molar-refractivity contribution in [2.75, 3.05) is 18.0 Å². The highest BCUT2D eigenvalue weighted by Crippen LogP contribution is 2.13. The van der Waals surface area contributed by atoms with Gasteiger partial charge in [-0.25, -0.2) is 23.5 Å². The number of nitrogens with one attached hydrogen (secondary N) is 1. The predicted molar refractivity (Wildman–Crippen MR) is 67.7 cm³/mol. The summed E-state index contributed by atoms with van der Waals surface area (Å²) in [6, 6.07) is 0.686. The summed E-state index contributed by atoms with van der Waals surface area (Å²) in [5.41, 5.74) is 0. The average molecular weight is 271 g/mol. The van der Waals surface area contributed by atoms with E-state index in [9.17, 15) is 8.42 Å². The minimum atomic E-state index is -3.73. The van der Waals surface area contributed by atoms with Crippen LogP contribution in [0, 0.1) is 0 Å². The molecule has 1 aliphatic rings. The lowest BCUT2D eigenvalue weighted by molar-refractivity contribution is 0.403. The molecule has 18 heavy (non-hydrogen) atoms. The number of primary sulfonamides is 1. The van der Waals surface area contributed by atoms with Crippen LogP contribution >= 0.6 is 0 Å². The third kappa shape index (κ3) is 2.95. The molecular weight excluding hydrogens is 254 g/mol. The standard InChI is InChI=1S/C10H17N5O2S/c1-7-5-15(6-8(2)14-7)10-12-3-9(4-13-10)18(11,16)17/h3-4,7-8,14H,5-6H2,1-2H3,(H2,11,16,17)/t7-,8+. The van der Waals surface area contributed by atoms with E-state index in [1.165, 1.54) is 12.4 Å². The van der Waals surface area contributed by atoms with Gasteiger partial charge in [0.15, 0.2) is 0 Å². The molecule has 2 heterocycles. The number of nitrogens with zero attached hydrogens (tertiary/aromatic N) is 3. The van der Waals surface area contributed by atoms with E-state index in [2.05, 4.69) is 29.1 Å². The van der Waals surface area contributed by atoms with Crippen LogP contribution in [0.2, 0.25) is 0 Å². The Kier molecular flexibility index (Phi) is 3.51. The van der Waals surface area contributed by atoms with Gasteiger partial charge in [-0.3, -0.25) is 0 Å². The Balaban J connectivity index is 2.19. The van der Waals surface area contributed by atoms with Crippen molar-refractivity contribution in [3.63, 3.8) is 0 Å². The Morgan fingerprint density at radius 2 is 1.78 bits per heavy atom. The molecule has 0 aliphatic carbocycles. The molecule has 0 saturated carbocycles. The monoisotopic (exact) mass is 271 g/mol. The zero-order chi connectivity index (χ0) is 13.3. The molecule has 1 saturated heterocycles. The topological polar surface area (TPSA) is 101 Å². The number of hydrogen-bond donors (Lipinski definition) is 2. The molecule has 0 bridgehead atoms. The normalized spacial score (nSPS) is 25.2. The molecule has 2 rings (SSSR count). The fraction of sp³-hybridized carbons (Fsp3) is 0.600. The first-order valence-electron chi connectivity index (χ1n) is 5.72. The van der Waals surface area contributed by atoms with Gasteiger partial charge in [0.2, 0.25) is 16.0 Å². The van der Waals surface area contributed by atoms with Gasteiger partial charge in [-0.05, 0) is 13.8 Å². The smallest absolute Gasteiger partial charge is 0.241 e. The van der Waals surface area contributed by atoms with Crippen LogP contribution in [0.5, 0.6) is 0 Å². The highest BCUT2D eigenvalue weighted by Gasteiger charge is 2.23. The molecule has 2 atom stereocenters. The zero-order valence-electron chi connectivity index (χ0n) is 10.4. The number of rotatable bonds is 2. The predicted octanol–water partition coefficient (Wildman–Crippen LogP) is -0.689. The molecule has 0 unspecified atom stereocenters. The van der Waals surface area contributed by atoms with Gasteiger partial charge in [-0.15, -0.1) is 0 Å². The fourth-order valence-corrected chi connectivity index (χ4v) is 2.51. The van der Waals surface area contributed by atoms with Crippen LogP contribution < -0.4 is 15.4 Å². The van der Waals surface area contributed by atoms with Crippen LogP contribution in [-0.4, -0.2) is 43.6 Å². The number of anilines is 1. The van der Waals surface area contributed by atoms with E-state index < -0.39 is 10.0 Å². The quantitative estimate of drug-likeness (QED) is 0.738. The van der Waals surface area contributed by atoms with Gasteiger partial charge in [0.05, 0.1) is 12.4 Å². The summed E-state index contributed by atoms with van der Waals surface area (Å²) in [6.07, 6.45) is 2.49. The molecule has 0 spiro atoms. The highest BCUT2D eigenvalue weighted by atomic mass is 32.2. The van der Waals surface area contributed by atoms with Crippen molar-refractivity contribution in [2.45, 2.75) is 30.8 Å². The Hall–Kier alpha value is -1.25. The first-order valence-corrected chi connectivity index (χ1v) is 7.27. The summed E-state index contributed by atoms with van der Waals surface area (Å²) < 4.78 is 22.2. The van der Waals surface area contributed by atoms with Gasteiger partial charge in [0.25, 0.3) is 0 Å². The van der Waals surface area contributed by atoms with Crippen molar-refractivity contribution < 1.29 is 8.42 Å². The number of nitrogens with two attached hydrogens (primary N) is 1. The van der Waals surface area contributed by atoms with Crippen molar-refractivity contribution in [2.24, 2.45) is 5.14 Å². The van der Waals surface area contributed by atoms with Crippen LogP contribution in [-0.2, 0) is 10.0 Å². The van der Waals surface area contributed by atoms with E-state index >= 15 is 0 Å². The highest BCUT2D eigenvalue weighted by molar-refractivity contribution is 7.89. The molecule has 1 aromatic rings. The summed E-state index contributed by atoms with van der Waals surface area (Å²) in [7, 11) is -3.73. The second-order valence-electron chi connectivity index (χ2n) is 4.64. The summed E-state index contributed by atoms with van der Waals surface area (Å²) in [5.74, 6) is 0.530. The van der Waals surface area contributed by atoms with E-state index in [4.69, 9.17) is 5.14 Å². The SMILES string of the molecule is C[C@@H]1CN(c2ncc(S(N)(=O)=O)cn2)C[C@H](C)N1. The van der Waals surface area contributed by atoms with Gasteiger partial charge < -0.3 is 10.2 Å². The van der Waals surface area contributed by atoms with Crippen molar-refractivity contribution in [1.82, 2.24) is 15.3 Å². The number of aromatic nitrogens is 2. The summed E-state index contributed by atoms with van der Waals surface area (Å²) >= 11 is 0. The molecule has 7 nitrogen and oxygen atoms in total. The largest absolute Gasteiger partial charge is 0.338 e.